The molecule has 0 unspecified atom stereocenters. The van der Waals surface area contributed by atoms with Crippen molar-refractivity contribution < 1.29 is 23.9 Å². The van der Waals surface area contributed by atoms with E-state index in [1.807, 2.05) is 6.92 Å². The van der Waals surface area contributed by atoms with Crippen LogP contribution in [0, 0.1) is 0 Å². The van der Waals surface area contributed by atoms with Gasteiger partial charge in [0, 0.05) is 19.5 Å². The lowest BCUT2D eigenvalue weighted by Crippen LogP contribution is -2.38. The summed E-state index contributed by atoms with van der Waals surface area (Å²) < 4.78 is 10.7. The van der Waals surface area contributed by atoms with Gasteiger partial charge in [0.2, 0.25) is 5.91 Å². The van der Waals surface area contributed by atoms with Gasteiger partial charge in [0.1, 0.15) is 11.9 Å². The minimum absolute atomic E-state index is 0.0140. The maximum absolute atomic E-state index is 12.1. The van der Waals surface area contributed by atoms with Crippen LogP contribution >= 0.6 is 0 Å². The summed E-state index contributed by atoms with van der Waals surface area (Å²) in [5.41, 5.74) is 1.33. The topological polar surface area (TPSA) is 88.2 Å². The van der Waals surface area contributed by atoms with E-state index in [1.54, 1.807) is 23.1 Å². The Labute approximate surface area is 139 Å². The lowest BCUT2D eigenvalue weighted by Gasteiger charge is -2.29. The Balaban J connectivity index is 1.77. The number of amides is 3. The van der Waals surface area contributed by atoms with Gasteiger partial charge in [-0.15, -0.1) is 0 Å². The summed E-state index contributed by atoms with van der Waals surface area (Å²) in [6, 6.07) is 5.25. The predicted molar refractivity (Wildman–Crippen MR) is 86.3 cm³/mol. The second kappa shape index (κ2) is 6.38. The Kier molecular flexibility index (Phi) is 4.28. The van der Waals surface area contributed by atoms with Crippen LogP contribution in [0.5, 0.6) is 5.75 Å². The van der Waals surface area contributed by atoms with Gasteiger partial charge in [-0.2, -0.15) is 0 Å². The van der Waals surface area contributed by atoms with Crippen molar-refractivity contribution in [2.24, 2.45) is 0 Å². The molecular formula is C16H19N3O5. The number of nitrogens with zero attached hydrogens (tertiary/aromatic N) is 2. The van der Waals surface area contributed by atoms with Crippen molar-refractivity contribution >= 4 is 29.3 Å². The molecule has 0 aromatic heterocycles. The molecule has 1 atom stereocenters. The van der Waals surface area contributed by atoms with Gasteiger partial charge >= 0.3 is 6.09 Å². The van der Waals surface area contributed by atoms with Gasteiger partial charge in [-0.25, -0.2) is 4.79 Å². The number of fused-ring (bicyclic) bond motifs is 1. The molecule has 0 bridgehead atoms. The Bertz CT molecular complexity index is 690. The molecule has 24 heavy (non-hydrogen) atoms. The Morgan fingerprint density at radius 3 is 2.88 bits per heavy atom. The third-order valence-corrected chi connectivity index (χ3v) is 3.97. The lowest BCUT2D eigenvalue weighted by molar-refractivity contribution is -0.121. The van der Waals surface area contributed by atoms with Crippen molar-refractivity contribution in [3.63, 3.8) is 0 Å². The monoisotopic (exact) mass is 333 g/mol. The minimum Gasteiger partial charge on any atom is -0.481 e. The third kappa shape index (κ3) is 2.99. The fourth-order valence-corrected chi connectivity index (χ4v) is 2.80. The number of rotatable bonds is 4. The fourth-order valence-electron chi connectivity index (χ4n) is 2.80. The third-order valence-electron chi connectivity index (χ3n) is 3.97. The average molecular weight is 333 g/mol. The molecule has 0 spiro atoms. The smallest absolute Gasteiger partial charge is 0.414 e. The molecule has 8 nitrogen and oxygen atoms in total. The van der Waals surface area contributed by atoms with Gasteiger partial charge in [0.15, 0.2) is 6.61 Å². The maximum atomic E-state index is 12.1. The van der Waals surface area contributed by atoms with Crippen LogP contribution < -0.4 is 19.9 Å². The highest BCUT2D eigenvalue weighted by molar-refractivity contribution is 5.99. The van der Waals surface area contributed by atoms with E-state index in [9.17, 15) is 14.4 Å². The fraction of sp³-hybridized carbons (Fsp3) is 0.438. The van der Waals surface area contributed by atoms with Gasteiger partial charge in [0.05, 0.1) is 24.5 Å². The standard InChI is InChI=1S/C16H19N3O5/c1-3-18-13-5-4-11(6-14(13)23-9-15(18)21)19-8-12(24-16(19)22)7-17-10(2)20/h4-6,12H,3,7-9H2,1-2H3,(H,17,20)/t12-/m0/s1. The molecule has 0 saturated carbocycles. The van der Waals surface area contributed by atoms with Crippen LogP contribution in [0.3, 0.4) is 0 Å². The van der Waals surface area contributed by atoms with Crippen LogP contribution in [0.2, 0.25) is 0 Å². The number of cyclic esters (lactones) is 1. The van der Waals surface area contributed by atoms with Gasteiger partial charge in [-0.1, -0.05) is 0 Å². The zero-order valence-electron chi connectivity index (χ0n) is 13.6. The van der Waals surface area contributed by atoms with Gasteiger partial charge in [0.25, 0.3) is 5.91 Å². The summed E-state index contributed by atoms with van der Waals surface area (Å²) in [5.74, 6) is 0.303. The zero-order valence-corrected chi connectivity index (χ0v) is 13.6. The molecule has 1 saturated heterocycles. The van der Waals surface area contributed by atoms with E-state index in [1.165, 1.54) is 11.8 Å². The molecule has 2 aliphatic heterocycles. The molecule has 0 radical (unpaired) electrons. The Morgan fingerprint density at radius 1 is 1.38 bits per heavy atom. The van der Waals surface area contributed by atoms with Crippen LogP contribution in [0.25, 0.3) is 0 Å². The number of benzene rings is 1. The number of nitrogens with one attached hydrogen (secondary N) is 1. The molecule has 128 valence electrons. The summed E-state index contributed by atoms with van der Waals surface area (Å²) in [6.07, 6.45) is -0.864. The molecule has 1 aromatic carbocycles. The molecule has 3 rings (SSSR count). The summed E-state index contributed by atoms with van der Waals surface area (Å²) >= 11 is 0. The molecule has 8 heteroatoms. The summed E-state index contributed by atoms with van der Waals surface area (Å²) in [5, 5.41) is 2.64. The first-order valence-electron chi connectivity index (χ1n) is 7.79. The van der Waals surface area contributed by atoms with Crippen LogP contribution in [-0.2, 0) is 14.3 Å². The van der Waals surface area contributed by atoms with E-state index < -0.39 is 12.2 Å². The summed E-state index contributed by atoms with van der Waals surface area (Å²) in [6.45, 7) is 4.46. The highest BCUT2D eigenvalue weighted by atomic mass is 16.6. The second-order valence-electron chi connectivity index (χ2n) is 5.63. The number of anilines is 2. The number of ether oxygens (including phenoxy) is 2. The van der Waals surface area contributed by atoms with Gasteiger partial charge < -0.3 is 19.7 Å². The minimum atomic E-state index is -0.468. The van der Waals surface area contributed by atoms with Gasteiger partial charge in [-0.3, -0.25) is 14.5 Å². The van der Waals surface area contributed by atoms with Crippen molar-refractivity contribution in [3.8, 4) is 5.75 Å². The number of hydrogen-bond donors (Lipinski definition) is 1. The van der Waals surface area contributed by atoms with Gasteiger partial charge in [-0.05, 0) is 19.1 Å². The summed E-state index contributed by atoms with van der Waals surface area (Å²) in [7, 11) is 0. The molecule has 3 amide bonds. The number of likely N-dealkylation sites (N-methyl/N-ethyl adjacent to an activating group) is 1. The van der Waals surface area contributed by atoms with E-state index in [2.05, 4.69) is 5.32 Å². The van der Waals surface area contributed by atoms with Crippen molar-refractivity contribution in [3.05, 3.63) is 18.2 Å². The van der Waals surface area contributed by atoms with E-state index in [0.29, 0.717) is 30.2 Å². The molecule has 0 aliphatic carbocycles. The highest BCUT2D eigenvalue weighted by Crippen LogP contribution is 2.36. The van der Waals surface area contributed by atoms with E-state index in [0.717, 1.165) is 0 Å². The van der Waals surface area contributed by atoms with Crippen LogP contribution in [-0.4, -0.2) is 50.3 Å². The molecule has 1 aromatic rings. The Morgan fingerprint density at radius 2 is 2.17 bits per heavy atom. The first-order chi connectivity index (χ1) is 11.5. The van der Waals surface area contributed by atoms with Crippen molar-refractivity contribution in [2.45, 2.75) is 20.0 Å². The van der Waals surface area contributed by atoms with Crippen LogP contribution in [0.15, 0.2) is 18.2 Å². The zero-order chi connectivity index (χ0) is 17.3. The average Bonchev–Trinajstić information content (AvgIpc) is 2.93. The lowest BCUT2D eigenvalue weighted by atomic mass is 10.2. The predicted octanol–water partition coefficient (Wildman–Crippen LogP) is 0.893. The largest absolute Gasteiger partial charge is 0.481 e. The van der Waals surface area contributed by atoms with E-state index >= 15 is 0 Å². The molecule has 2 aliphatic rings. The molecule has 1 fully saturated rings. The normalized spacial score (nSPS) is 19.7. The van der Waals surface area contributed by atoms with Crippen LogP contribution in [0.4, 0.5) is 16.2 Å². The van der Waals surface area contributed by atoms with Crippen molar-refractivity contribution in [1.29, 1.82) is 0 Å². The molecule has 2 heterocycles. The summed E-state index contributed by atoms with van der Waals surface area (Å²) in [4.78, 5) is 38.0. The quantitative estimate of drug-likeness (QED) is 0.884. The number of hydrogen-bond acceptors (Lipinski definition) is 5. The van der Waals surface area contributed by atoms with E-state index in [4.69, 9.17) is 9.47 Å². The molecule has 1 N–H and O–H groups in total. The first kappa shape index (κ1) is 16.1. The SMILES string of the molecule is CCN1C(=O)COc2cc(N3C[C@H](CNC(C)=O)OC3=O)ccc21. The first-order valence-corrected chi connectivity index (χ1v) is 7.79. The maximum Gasteiger partial charge on any atom is 0.414 e. The van der Waals surface area contributed by atoms with Crippen LogP contribution in [0.1, 0.15) is 13.8 Å². The van der Waals surface area contributed by atoms with Crippen molar-refractivity contribution in [2.75, 3.05) is 36.0 Å². The van der Waals surface area contributed by atoms with Crippen molar-refractivity contribution in [1.82, 2.24) is 5.32 Å². The van der Waals surface area contributed by atoms with E-state index in [-0.39, 0.29) is 25.0 Å². The second-order valence-corrected chi connectivity index (χ2v) is 5.63. The molecular weight excluding hydrogens is 314 g/mol. The Hall–Kier alpha value is -2.77. The highest BCUT2D eigenvalue weighted by Gasteiger charge is 2.33. The number of carbonyl (C=O) groups is 3. The number of carbonyl (C=O) groups excluding carboxylic acids is 3.